The fraction of sp³-hybridized carbons (Fsp3) is 0.286. The minimum Gasteiger partial charge on any atom is -0.461 e. The molecule has 5 rings (SSSR count). The molecule has 160 valence electrons. The summed E-state index contributed by atoms with van der Waals surface area (Å²) in [7, 11) is 0. The number of nitrogens with two attached hydrogens (primary N) is 2. The highest BCUT2D eigenvalue weighted by Crippen LogP contribution is 2.36. The molecule has 2 unspecified atom stereocenters. The van der Waals surface area contributed by atoms with Crippen LogP contribution in [0.1, 0.15) is 29.9 Å². The molecule has 0 aliphatic carbocycles. The first kappa shape index (κ1) is 19.4. The van der Waals surface area contributed by atoms with Gasteiger partial charge in [0.05, 0.1) is 6.26 Å². The molecule has 4 aromatic rings. The van der Waals surface area contributed by atoms with Gasteiger partial charge in [0, 0.05) is 17.5 Å². The lowest BCUT2D eigenvalue weighted by Crippen LogP contribution is -2.32. The standard InChI is InChI=1S/C21H21F2N7O/c22-13-5-1-4-11(17(13)23)10-12(14-6-2-8-26-14)16-18(24)27-21(25)30-20(16)28-19(29-30)15-7-3-9-31-15/h1,3-5,7,9,12,14,26H,2,6,8,10,24H2,(H2,25,27). The fourth-order valence-corrected chi connectivity index (χ4v) is 4.30. The Morgan fingerprint density at radius 1 is 1.19 bits per heavy atom. The van der Waals surface area contributed by atoms with Crippen LogP contribution in [0.5, 0.6) is 0 Å². The monoisotopic (exact) mass is 425 g/mol. The molecule has 0 bridgehead atoms. The molecule has 1 aliphatic heterocycles. The molecule has 1 aromatic carbocycles. The average Bonchev–Trinajstić information content (AvgIpc) is 3.51. The number of rotatable bonds is 5. The quantitative estimate of drug-likeness (QED) is 0.450. The minimum absolute atomic E-state index is 0.0112. The second kappa shape index (κ2) is 7.62. The summed E-state index contributed by atoms with van der Waals surface area (Å²) in [5, 5.41) is 7.86. The number of hydrogen-bond acceptors (Lipinski definition) is 7. The number of nitrogens with one attached hydrogen (secondary N) is 1. The number of anilines is 2. The van der Waals surface area contributed by atoms with Gasteiger partial charge in [-0.3, -0.25) is 0 Å². The predicted octanol–water partition coefficient (Wildman–Crippen LogP) is 2.91. The van der Waals surface area contributed by atoms with Gasteiger partial charge in [0.1, 0.15) is 5.82 Å². The van der Waals surface area contributed by atoms with Crippen LogP contribution in [-0.2, 0) is 6.42 Å². The normalized spacial score (nSPS) is 17.4. The van der Waals surface area contributed by atoms with Crippen LogP contribution in [0.3, 0.4) is 0 Å². The van der Waals surface area contributed by atoms with Crippen molar-refractivity contribution in [2.75, 3.05) is 18.0 Å². The smallest absolute Gasteiger partial charge is 0.225 e. The predicted molar refractivity (Wildman–Crippen MR) is 111 cm³/mol. The Hall–Kier alpha value is -3.53. The molecule has 1 fully saturated rings. The molecule has 0 saturated carbocycles. The van der Waals surface area contributed by atoms with Gasteiger partial charge in [0.25, 0.3) is 0 Å². The first-order valence-electron chi connectivity index (χ1n) is 10.0. The maximum absolute atomic E-state index is 14.5. The van der Waals surface area contributed by atoms with E-state index in [1.165, 1.54) is 16.8 Å². The molecule has 8 nitrogen and oxygen atoms in total. The van der Waals surface area contributed by atoms with Crippen molar-refractivity contribution in [2.24, 2.45) is 0 Å². The molecular weight excluding hydrogens is 404 g/mol. The molecule has 3 aromatic heterocycles. The first-order valence-corrected chi connectivity index (χ1v) is 10.0. The van der Waals surface area contributed by atoms with E-state index in [0.717, 1.165) is 25.5 Å². The van der Waals surface area contributed by atoms with Gasteiger partial charge in [-0.05, 0) is 49.6 Å². The van der Waals surface area contributed by atoms with E-state index in [9.17, 15) is 8.78 Å². The molecular formula is C21H21F2N7O. The van der Waals surface area contributed by atoms with Gasteiger partial charge in [0.15, 0.2) is 23.0 Å². The Bertz CT molecular complexity index is 1230. The number of aromatic nitrogens is 4. The maximum Gasteiger partial charge on any atom is 0.225 e. The lowest BCUT2D eigenvalue weighted by molar-refractivity contribution is 0.460. The number of nitrogen functional groups attached to an aromatic ring is 2. The molecule has 2 atom stereocenters. The van der Waals surface area contributed by atoms with Gasteiger partial charge in [-0.1, -0.05) is 12.1 Å². The topological polar surface area (TPSA) is 120 Å². The summed E-state index contributed by atoms with van der Waals surface area (Å²) in [6, 6.07) is 7.64. The van der Waals surface area contributed by atoms with Crippen molar-refractivity contribution in [2.45, 2.75) is 31.2 Å². The molecule has 4 heterocycles. The Balaban J connectivity index is 1.68. The second-order valence-electron chi connectivity index (χ2n) is 7.64. The molecule has 5 N–H and O–H groups in total. The summed E-state index contributed by atoms with van der Waals surface area (Å²) in [5.74, 6) is -0.980. The summed E-state index contributed by atoms with van der Waals surface area (Å²) in [6.45, 7) is 0.829. The van der Waals surface area contributed by atoms with Crippen LogP contribution in [0.15, 0.2) is 41.0 Å². The van der Waals surface area contributed by atoms with E-state index in [0.29, 0.717) is 22.8 Å². The van der Waals surface area contributed by atoms with Crippen molar-refractivity contribution >= 4 is 17.4 Å². The highest BCUT2D eigenvalue weighted by atomic mass is 19.2. The zero-order valence-electron chi connectivity index (χ0n) is 16.6. The third kappa shape index (κ3) is 3.38. The van der Waals surface area contributed by atoms with Crippen molar-refractivity contribution in [1.82, 2.24) is 24.9 Å². The van der Waals surface area contributed by atoms with E-state index >= 15 is 0 Å². The van der Waals surface area contributed by atoms with E-state index in [-0.39, 0.29) is 35.7 Å². The van der Waals surface area contributed by atoms with Crippen molar-refractivity contribution in [3.63, 3.8) is 0 Å². The molecule has 1 aliphatic rings. The lowest BCUT2D eigenvalue weighted by Gasteiger charge is -2.26. The Morgan fingerprint density at radius 3 is 2.81 bits per heavy atom. The van der Waals surface area contributed by atoms with Crippen LogP contribution < -0.4 is 16.8 Å². The molecule has 0 amide bonds. The van der Waals surface area contributed by atoms with Gasteiger partial charge >= 0.3 is 0 Å². The van der Waals surface area contributed by atoms with Crippen LogP contribution in [0.2, 0.25) is 0 Å². The second-order valence-corrected chi connectivity index (χ2v) is 7.64. The third-order valence-corrected chi connectivity index (χ3v) is 5.74. The SMILES string of the molecule is Nc1nc(N)n2nc(-c3ccco3)nc2c1C(Cc1cccc(F)c1F)C1CCCN1. The van der Waals surface area contributed by atoms with Crippen LogP contribution in [0.25, 0.3) is 17.2 Å². The van der Waals surface area contributed by atoms with Crippen molar-refractivity contribution in [3.05, 3.63) is 59.4 Å². The summed E-state index contributed by atoms with van der Waals surface area (Å²) in [5.41, 5.74) is 13.7. The third-order valence-electron chi connectivity index (χ3n) is 5.74. The first-order chi connectivity index (χ1) is 15.0. The number of nitrogens with zero attached hydrogens (tertiary/aromatic N) is 4. The van der Waals surface area contributed by atoms with Crippen LogP contribution in [0.4, 0.5) is 20.5 Å². The number of halogens is 2. The molecule has 0 spiro atoms. The largest absolute Gasteiger partial charge is 0.461 e. The maximum atomic E-state index is 14.5. The zero-order chi connectivity index (χ0) is 21.5. The van der Waals surface area contributed by atoms with Gasteiger partial charge in [-0.25, -0.2) is 13.8 Å². The number of furan rings is 1. The minimum atomic E-state index is -0.883. The average molecular weight is 425 g/mol. The number of hydrogen-bond donors (Lipinski definition) is 3. The van der Waals surface area contributed by atoms with Crippen molar-refractivity contribution < 1.29 is 13.2 Å². The zero-order valence-corrected chi connectivity index (χ0v) is 16.6. The summed E-state index contributed by atoms with van der Waals surface area (Å²) < 4.78 is 35.2. The van der Waals surface area contributed by atoms with Crippen LogP contribution in [0, 0.1) is 11.6 Å². The highest BCUT2D eigenvalue weighted by molar-refractivity contribution is 5.66. The fourth-order valence-electron chi connectivity index (χ4n) is 4.30. The number of benzene rings is 1. The summed E-state index contributed by atoms with van der Waals surface area (Å²) in [4.78, 5) is 8.87. The summed E-state index contributed by atoms with van der Waals surface area (Å²) >= 11 is 0. The molecule has 31 heavy (non-hydrogen) atoms. The molecule has 10 heteroatoms. The Labute approximate surface area is 176 Å². The van der Waals surface area contributed by atoms with Gasteiger partial charge in [-0.15, -0.1) is 5.10 Å². The number of fused-ring (bicyclic) bond motifs is 1. The molecule has 1 saturated heterocycles. The Kier molecular flexibility index (Phi) is 4.78. The lowest BCUT2D eigenvalue weighted by atomic mass is 9.85. The summed E-state index contributed by atoms with van der Waals surface area (Å²) in [6.07, 6.45) is 3.57. The van der Waals surface area contributed by atoms with E-state index in [1.807, 2.05) is 0 Å². The highest BCUT2D eigenvalue weighted by Gasteiger charge is 2.32. The van der Waals surface area contributed by atoms with Crippen LogP contribution >= 0.6 is 0 Å². The molecule has 0 radical (unpaired) electrons. The van der Waals surface area contributed by atoms with E-state index in [4.69, 9.17) is 15.9 Å². The van der Waals surface area contributed by atoms with E-state index < -0.39 is 11.6 Å². The van der Waals surface area contributed by atoms with Crippen molar-refractivity contribution in [1.29, 1.82) is 0 Å². The van der Waals surface area contributed by atoms with Gasteiger partial charge in [0.2, 0.25) is 11.8 Å². The van der Waals surface area contributed by atoms with Gasteiger partial charge < -0.3 is 21.2 Å². The van der Waals surface area contributed by atoms with E-state index in [2.05, 4.69) is 20.4 Å². The van der Waals surface area contributed by atoms with Crippen molar-refractivity contribution in [3.8, 4) is 11.6 Å². The Morgan fingerprint density at radius 2 is 2.06 bits per heavy atom. The van der Waals surface area contributed by atoms with Gasteiger partial charge in [-0.2, -0.15) is 9.50 Å². The van der Waals surface area contributed by atoms with E-state index in [1.54, 1.807) is 18.2 Å². The van der Waals surface area contributed by atoms with Crippen LogP contribution in [-0.4, -0.2) is 32.2 Å².